The fourth-order valence-corrected chi connectivity index (χ4v) is 2.78. The van der Waals surface area contributed by atoms with E-state index in [9.17, 15) is 9.59 Å². The van der Waals surface area contributed by atoms with Crippen LogP contribution in [0.25, 0.3) is 0 Å². The molecule has 0 spiro atoms. The van der Waals surface area contributed by atoms with Gasteiger partial charge in [0.15, 0.2) is 0 Å². The standard InChI is InChI=1S/C14H17BrN2O2/c1-4-10-13(18)16-9(3)14(19)17(10)11-7-5-6-8(2)12(11)15/h5-7,9-10H,4H2,1-3H3,(H,16,18). The lowest BCUT2D eigenvalue weighted by molar-refractivity contribution is -0.133. The molecule has 5 heteroatoms. The van der Waals surface area contributed by atoms with Gasteiger partial charge in [-0.3, -0.25) is 14.5 Å². The minimum atomic E-state index is -0.484. The Bertz CT molecular complexity index is 530. The Morgan fingerprint density at radius 1 is 1.37 bits per heavy atom. The summed E-state index contributed by atoms with van der Waals surface area (Å²) in [5.41, 5.74) is 1.80. The van der Waals surface area contributed by atoms with Crippen molar-refractivity contribution < 1.29 is 9.59 Å². The Morgan fingerprint density at radius 2 is 2.05 bits per heavy atom. The van der Waals surface area contributed by atoms with E-state index in [1.165, 1.54) is 0 Å². The van der Waals surface area contributed by atoms with Gasteiger partial charge in [-0.15, -0.1) is 0 Å². The molecule has 1 N–H and O–H groups in total. The Hall–Kier alpha value is -1.36. The van der Waals surface area contributed by atoms with Gasteiger partial charge in [-0.2, -0.15) is 0 Å². The van der Waals surface area contributed by atoms with Gasteiger partial charge in [0.1, 0.15) is 12.1 Å². The van der Waals surface area contributed by atoms with Gasteiger partial charge in [-0.1, -0.05) is 19.1 Å². The molecule has 0 aromatic heterocycles. The number of halogens is 1. The van der Waals surface area contributed by atoms with Gasteiger partial charge in [0.05, 0.1) is 5.69 Å². The van der Waals surface area contributed by atoms with Crippen molar-refractivity contribution in [3.05, 3.63) is 28.2 Å². The maximum absolute atomic E-state index is 12.4. The molecule has 1 aliphatic heterocycles. The number of nitrogens with zero attached hydrogens (tertiary/aromatic N) is 1. The molecule has 0 radical (unpaired) electrons. The third-order valence-electron chi connectivity index (χ3n) is 3.40. The van der Waals surface area contributed by atoms with E-state index < -0.39 is 12.1 Å². The molecular formula is C14H17BrN2O2. The first-order chi connectivity index (χ1) is 8.97. The molecule has 2 amide bonds. The van der Waals surface area contributed by atoms with Gasteiger partial charge in [-0.05, 0) is 47.8 Å². The summed E-state index contributed by atoms with van der Waals surface area (Å²) in [4.78, 5) is 26.0. The number of amides is 2. The molecule has 1 heterocycles. The van der Waals surface area contributed by atoms with Gasteiger partial charge >= 0.3 is 0 Å². The van der Waals surface area contributed by atoms with Crippen molar-refractivity contribution in [2.24, 2.45) is 0 Å². The molecule has 0 bridgehead atoms. The average Bonchev–Trinajstić information content (AvgIpc) is 2.37. The van der Waals surface area contributed by atoms with E-state index in [1.807, 2.05) is 32.0 Å². The van der Waals surface area contributed by atoms with Crippen LogP contribution in [0.1, 0.15) is 25.8 Å². The molecule has 0 saturated carbocycles. The van der Waals surface area contributed by atoms with E-state index in [4.69, 9.17) is 0 Å². The SMILES string of the molecule is CCC1C(=O)NC(C)C(=O)N1c1cccc(C)c1Br. The van der Waals surface area contributed by atoms with Gasteiger partial charge in [0.2, 0.25) is 11.8 Å². The molecule has 1 aliphatic rings. The topological polar surface area (TPSA) is 49.4 Å². The number of aryl methyl sites for hydroxylation is 1. The fraction of sp³-hybridized carbons (Fsp3) is 0.429. The normalized spacial score (nSPS) is 23.5. The monoisotopic (exact) mass is 324 g/mol. The van der Waals surface area contributed by atoms with E-state index in [2.05, 4.69) is 21.2 Å². The Balaban J connectivity index is 2.52. The zero-order chi connectivity index (χ0) is 14.2. The summed E-state index contributed by atoms with van der Waals surface area (Å²) in [5.74, 6) is -0.166. The minimum Gasteiger partial charge on any atom is -0.343 e. The average molecular weight is 325 g/mol. The van der Waals surface area contributed by atoms with Crippen molar-refractivity contribution in [2.45, 2.75) is 39.3 Å². The van der Waals surface area contributed by atoms with E-state index in [0.717, 1.165) is 15.7 Å². The second-order valence-electron chi connectivity index (χ2n) is 4.77. The largest absolute Gasteiger partial charge is 0.343 e. The van der Waals surface area contributed by atoms with Crippen molar-refractivity contribution in [2.75, 3.05) is 4.90 Å². The lowest BCUT2D eigenvalue weighted by atomic mass is 10.0. The lowest BCUT2D eigenvalue weighted by Gasteiger charge is -2.38. The number of benzene rings is 1. The molecule has 1 saturated heterocycles. The number of hydrogen-bond donors (Lipinski definition) is 1. The van der Waals surface area contributed by atoms with Crippen molar-refractivity contribution >= 4 is 33.4 Å². The molecule has 19 heavy (non-hydrogen) atoms. The summed E-state index contributed by atoms with van der Waals surface area (Å²) in [6.45, 7) is 5.58. The first-order valence-electron chi connectivity index (χ1n) is 6.36. The first kappa shape index (κ1) is 14.1. The number of nitrogens with one attached hydrogen (secondary N) is 1. The highest BCUT2D eigenvalue weighted by Gasteiger charge is 2.39. The second kappa shape index (κ2) is 5.33. The van der Waals surface area contributed by atoms with Crippen LogP contribution in [0.5, 0.6) is 0 Å². The van der Waals surface area contributed by atoms with E-state index in [1.54, 1.807) is 11.8 Å². The van der Waals surface area contributed by atoms with Crippen LogP contribution in [-0.4, -0.2) is 23.9 Å². The van der Waals surface area contributed by atoms with Crippen LogP contribution in [-0.2, 0) is 9.59 Å². The maximum atomic E-state index is 12.4. The molecule has 0 aliphatic carbocycles. The second-order valence-corrected chi connectivity index (χ2v) is 5.56. The van der Waals surface area contributed by atoms with Crippen LogP contribution in [0, 0.1) is 6.92 Å². The molecule has 2 rings (SSSR count). The van der Waals surface area contributed by atoms with Crippen LogP contribution in [0.3, 0.4) is 0 Å². The number of anilines is 1. The van der Waals surface area contributed by atoms with E-state index in [0.29, 0.717) is 6.42 Å². The molecular weight excluding hydrogens is 308 g/mol. The van der Waals surface area contributed by atoms with Crippen molar-refractivity contribution in [3.63, 3.8) is 0 Å². The quantitative estimate of drug-likeness (QED) is 0.908. The molecule has 4 nitrogen and oxygen atoms in total. The van der Waals surface area contributed by atoms with Crippen LogP contribution in [0.15, 0.2) is 22.7 Å². The van der Waals surface area contributed by atoms with Crippen LogP contribution >= 0.6 is 15.9 Å². The Labute approximate surface area is 121 Å². The number of piperazine rings is 1. The first-order valence-corrected chi connectivity index (χ1v) is 7.15. The summed E-state index contributed by atoms with van der Waals surface area (Å²) in [7, 11) is 0. The Kier molecular flexibility index (Phi) is 3.94. The summed E-state index contributed by atoms with van der Waals surface area (Å²) in [5, 5.41) is 2.72. The zero-order valence-corrected chi connectivity index (χ0v) is 12.8. The summed E-state index contributed by atoms with van der Waals surface area (Å²) in [6.07, 6.45) is 0.588. The molecule has 2 atom stereocenters. The summed E-state index contributed by atoms with van der Waals surface area (Å²) >= 11 is 3.51. The maximum Gasteiger partial charge on any atom is 0.250 e. The Morgan fingerprint density at radius 3 is 2.68 bits per heavy atom. The molecule has 102 valence electrons. The van der Waals surface area contributed by atoms with Gasteiger partial charge < -0.3 is 5.32 Å². The summed E-state index contributed by atoms with van der Waals surface area (Å²) < 4.78 is 0.865. The lowest BCUT2D eigenvalue weighted by Crippen LogP contribution is -2.62. The highest BCUT2D eigenvalue weighted by Crippen LogP contribution is 2.32. The van der Waals surface area contributed by atoms with E-state index in [-0.39, 0.29) is 11.8 Å². The van der Waals surface area contributed by atoms with Crippen molar-refractivity contribution in [1.82, 2.24) is 5.32 Å². The summed E-state index contributed by atoms with van der Waals surface area (Å²) in [6, 6.07) is 4.80. The fourth-order valence-electron chi connectivity index (χ4n) is 2.32. The third-order valence-corrected chi connectivity index (χ3v) is 4.43. The van der Waals surface area contributed by atoms with E-state index >= 15 is 0 Å². The molecule has 1 fully saturated rings. The zero-order valence-electron chi connectivity index (χ0n) is 11.2. The predicted octanol–water partition coefficient (Wildman–Crippen LogP) is 2.39. The van der Waals surface area contributed by atoms with Gasteiger partial charge in [0.25, 0.3) is 0 Å². The number of carbonyl (C=O) groups is 2. The molecule has 2 unspecified atom stereocenters. The molecule has 1 aromatic rings. The third kappa shape index (κ3) is 2.39. The van der Waals surface area contributed by atoms with Crippen molar-refractivity contribution in [3.8, 4) is 0 Å². The predicted molar refractivity (Wildman–Crippen MR) is 78.0 cm³/mol. The highest BCUT2D eigenvalue weighted by molar-refractivity contribution is 9.10. The van der Waals surface area contributed by atoms with Gasteiger partial charge in [-0.25, -0.2) is 0 Å². The van der Waals surface area contributed by atoms with Crippen LogP contribution < -0.4 is 10.2 Å². The highest BCUT2D eigenvalue weighted by atomic mass is 79.9. The molecule has 1 aromatic carbocycles. The minimum absolute atomic E-state index is 0.0715. The number of rotatable bonds is 2. The smallest absolute Gasteiger partial charge is 0.250 e. The van der Waals surface area contributed by atoms with Gasteiger partial charge in [0, 0.05) is 4.47 Å². The van der Waals surface area contributed by atoms with Crippen LogP contribution in [0.2, 0.25) is 0 Å². The number of hydrogen-bond acceptors (Lipinski definition) is 2. The number of carbonyl (C=O) groups excluding carboxylic acids is 2. The van der Waals surface area contributed by atoms with Crippen molar-refractivity contribution in [1.29, 1.82) is 0 Å². The van der Waals surface area contributed by atoms with Crippen LogP contribution in [0.4, 0.5) is 5.69 Å².